The van der Waals surface area contributed by atoms with Gasteiger partial charge in [0.25, 0.3) is 0 Å². The molecule has 0 spiro atoms. The van der Waals surface area contributed by atoms with Gasteiger partial charge in [-0.3, -0.25) is 9.48 Å². The summed E-state index contributed by atoms with van der Waals surface area (Å²) >= 11 is 1.45. The monoisotopic (exact) mass is 352 g/mol. The number of amides is 1. The van der Waals surface area contributed by atoms with Crippen molar-refractivity contribution in [2.75, 3.05) is 18.4 Å². The molecule has 0 saturated carbocycles. The number of thiazole rings is 1. The molecular formula is C17H16N6OS. The first-order valence-corrected chi connectivity index (χ1v) is 8.79. The van der Waals surface area contributed by atoms with Crippen molar-refractivity contribution in [1.82, 2.24) is 19.7 Å². The van der Waals surface area contributed by atoms with E-state index in [1.54, 1.807) is 11.1 Å². The number of hydrogen-bond acceptors (Lipinski definition) is 6. The van der Waals surface area contributed by atoms with Crippen molar-refractivity contribution in [3.8, 4) is 16.6 Å². The predicted octanol–water partition coefficient (Wildman–Crippen LogP) is 2.44. The van der Waals surface area contributed by atoms with E-state index in [1.165, 1.54) is 11.3 Å². The Morgan fingerprint density at radius 3 is 3.12 bits per heavy atom. The molecule has 1 amide bonds. The van der Waals surface area contributed by atoms with Crippen LogP contribution in [-0.2, 0) is 11.8 Å². The zero-order valence-electron chi connectivity index (χ0n) is 13.6. The summed E-state index contributed by atoms with van der Waals surface area (Å²) in [6.07, 6.45) is 6.40. The standard InChI is InChI=1S/C17H16N6OS/c1-22-14-3-2-11(6-13(14)7-20-22)15-8-19-17(25-15)21-16(24)12-4-5-23(9-12)10-18/h2-3,6-8,12H,4-5,9H2,1H3,(H,19,21,24)/t12-/m0/s1. The van der Waals surface area contributed by atoms with Gasteiger partial charge in [0.2, 0.25) is 5.91 Å². The van der Waals surface area contributed by atoms with Crippen molar-refractivity contribution in [3.63, 3.8) is 0 Å². The van der Waals surface area contributed by atoms with Crippen LogP contribution in [0.5, 0.6) is 0 Å². The van der Waals surface area contributed by atoms with E-state index in [4.69, 9.17) is 5.26 Å². The van der Waals surface area contributed by atoms with Crippen LogP contribution < -0.4 is 5.32 Å². The Morgan fingerprint density at radius 2 is 2.32 bits per heavy atom. The molecule has 1 saturated heterocycles. The van der Waals surface area contributed by atoms with Crippen molar-refractivity contribution < 1.29 is 4.79 Å². The fourth-order valence-corrected chi connectivity index (χ4v) is 3.87. The second kappa shape index (κ2) is 6.18. The Kier molecular flexibility index (Phi) is 3.86. The number of rotatable bonds is 3. The summed E-state index contributed by atoms with van der Waals surface area (Å²) in [5, 5.41) is 17.7. The number of aromatic nitrogens is 3. The smallest absolute Gasteiger partial charge is 0.231 e. The molecule has 1 fully saturated rings. The van der Waals surface area contributed by atoms with Crippen molar-refractivity contribution >= 4 is 33.3 Å². The first-order chi connectivity index (χ1) is 12.1. The quantitative estimate of drug-likeness (QED) is 0.732. The van der Waals surface area contributed by atoms with Gasteiger partial charge in [-0.1, -0.05) is 17.4 Å². The molecule has 3 aromatic rings. The fraction of sp³-hybridized carbons (Fsp3) is 0.294. The Labute approximate surface area is 148 Å². The predicted molar refractivity (Wildman–Crippen MR) is 95.7 cm³/mol. The lowest BCUT2D eigenvalue weighted by molar-refractivity contribution is -0.119. The third-order valence-electron chi connectivity index (χ3n) is 4.47. The van der Waals surface area contributed by atoms with Gasteiger partial charge in [-0.25, -0.2) is 4.98 Å². The number of likely N-dealkylation sites (tertiary alicyclic amines) is 1. The number of nitrogens with one attached hydrogen (secondary N) is 1. The molecule has 7 nitrogen and oxygen atoms in total. The van der Waals surface area contributed by atoms with E-state index in [1.807, 2.05) is 30.1 Å². The zero-order valence-corrected chi connectivity index (χ0v) is 14.5. The molecule has 0 unspecified atom stereocenters. The molecular weight excluding hydrogens is 336 g/mol. The minimum absolute atomic E-state index is 0.0682. The van der Waals surface area contributed by atoms with Gasteiger partial charge in [0.15, 0.2) is 11.3 Å². The highest BCUT2D eigenvalue weighted by molar-refractivity contribution is 7.19. The van der Waals surface area contributed by atoms with Crippen molar-refractivity contribution in [1.29, 1.82) is 5.26 Å². The van der Waals surface area contributed by atoms with Crippen LogP contribution in [0.3, 0.4) is 0 Å². The summed E-state index contributed by atoms with van der Waals surface area (Å²) in [5.74, 6) is -0.222. The van der Waals surface area contributed by atoms with E-state index in [9.17, 15) is 4.79 Å². The third kappa shape index (κ3) is 2.94. The summed E-state index contributed by atoms with van der Waals surface area (Å²) < 4.78 is 1.84. The van der Waals surface area contributed by atoms with E-state index in [0.29, 0.717) is 24.6 Å². The van der Waals surface area contributed by atoms with Gasteiger partial charge in [0, 0.05) is 31.7 Å². The van der Waals surface area contributed by atoms with Crippen LogP contribution in [0.2, 0.25) is 0 Å². The van der Waals surface area contributed by atoms with Gasteiger partial charge >= 0.3 is 0 Å². The number of nitrogens with zero attached hydrogens (tertiary/aromatic N) is 5. The van der Waals surface area contributed by atoms with Gasteiger partial charge in [-0.05, 0) is 24.1 Å². The molecule has 0 radical (unpaired) electrons. The lowest BCUT2D eigenvalue weighted by atomic mass is 10.1. The van der Waals surface area contributed by atoms with Gasteiger partial charge in [-0.15, -0.1) is 0 Å². The molecule has 126 valence electrons. The van der Waals surface area contributed by atoms with E-state index in [-0.39, 0.29) is 11.8 Å². The summed E-state index contributed by atoms with van der Waals surface area (Å²) in [6, 6.07) is 6.14. The van der Waals surface area contributed by atoms with Crippen LogP contribution >= 0.6 is 11.3 Å². The number of carbonyl (C=O) groups is 1. The average Bonchev–Trinajstić information content (AvgIpc) is 3.34. The van der Waals surface area contributed by atoms with Crippen molar-refractivity contribution in [2.45, 2.75) is 6.42 Å². The normalized spacial score (nSPS) is 17.0. The van der Waals surface area contributed by atoms with Crippen LogP contribution in [-0.4, -0.2) is 38.7 Å². The van der Waals surface area contributed by atoms with Crippen LogP contribution in [0.4, 0.5) is 5.13 Å². The molecule has 0 aliphatic carbocycles. The Morgan fingerprint density at radius 1 is 1.44 bits per heavy atom. The van der Waals surface area contributed by atoms with Crippen LogP contribution in [0.25, 0.3) is 21.3 Å². The van der Waals surface area contributed by atoms with Crippen molar-refractivity contribution in [3.05, 3.63) is 30.6 Å². The molecule has 3 heterocycles. The van der Waals surface area contributed by atoms with E-state index >= 15 is 0 Å². The van der Waals surface area contributed by atoms with E-state index < -0.39 is 0 Å². The average molecular weight is 352 g/mol. The molecule has 2 aromatic heterocycles. The highest BCUT2D eigenvalue weighted by atomic mass is 32.1. The lowest BCUT2D eigenvalue weighted by Gasteiger charge is -2.08. The van der Waals surface area contributed by atoms with Gasteiger partial charge in [0.05, 0.1) is 22.5 Å². The second-order valence-electron chi connectivity index (χ2n) is 6.09. The molecule has 1 N–H and O–H groups in total. The summed E-state index contributed by atoms with van der Waals surface area (Å²) in [7, 11) is 1.92. The topological polar surface area (TPSA) is 86.8 Å². The molecule has 1 aliphatic rings. The van der Waals surface area contributed by atoms with E-state index in [2.05, 4.69) is 27.7 Å². The Balaban J connectivity index is 1.49. The molecule has 25 heavy (non-hydrogen) atoms. The minimum atomic E-state index is -0.154. The number of benzene rings is 1. The van der Waals surface area contributed by atoms with E-state index in [0.717, 1.165) is 21.3 Å². The number of hydrogen-bond donors (Lipinski definition) is 1. The maximum Gasteiger partial charge on any atom is 0.231 e. The highest BCUT2D eigenvalue weighted by Crippen LogP contribution is 2.31. The summed E-state index contributed by atoms with van der Waals surface area (Å²) in [5.41, 5.74) is 2.13. The Bertz CT molecular complexity index is 985. The number of fused-ring (bicyclic) bond motifs is 1. The summed E-state index contributed by atoms with van der Waals surface area (Å²) in [6.45, 7) is 1.13. The maximum atomic E-state index is 12.3. The third-order valence-corrected chi connectivity index (χ3v) is 5.43. The summed E-state index contributed by atoms with van der Waals surface area (Å²) in [4.78, 5) is 19.2. The Hall–Kier alpha value is -2.92. The largest absolute Gasteiger partial charge is 0.310 e. The fourth-order valence-electron chi connectivity index (χ4n) is 3.05. The zero-order chi connectivity index (χ0) is 17.4. The second-order valence-corrected chi connectivity index (χ2v) is 7.12. The number of aryl methyl sites for hydroxylation is 1. The van der Waals surface area contributed by atoms with Crippen LogP contribution in [0, 0.1) is 17.4 Å². The molecule has 4 rings (SSSR count). The van der Waals surface area contributed by atoms with Crippen LogP contribution in [0.1, 0.15) is 6.42 Å². The number of carbonyl (C=O) groups excluding carboxylic acids is 1. The SMILES string of the molecule is Cn1ncc2cc(-c3cnc(NC(=O)[C@H]4CCN(C#N)C4)s3)ccc21. The molecule has 1 aromatic carbocycles. The molecule has 8 heteroatoms. The highest BCUT2D eigenvalue weighted by Gasteiger charge is 2.28. The molecule has 0 bridgehead atoms. The van der Waals surface area contributed by atoms with Gasteiger partial charge in [0.1, 0.15) is 0 Å². The lowest BCUT2D eigenvalue weighted by Crippen LogP contribution is -2.25. The molecule has 1 aliphatic heterocycles. The number of nitriles is 1. The van der Waals surface area contributed by atoms with Crippen LogP contribution in [0.15, 0.2) is 30.6 Å². The van der Waals surface area contributed by atoms with Gasteiger partial charge < -0.3 is 10.2 Å². The maximum absolute atomic E-state index is 12.3. The first kappa shape index (κ1) is 15.6. The van der Waals surface area contributed by atoms with Crippen molar-refractivity contribution in [2.24, 2.45) is 13.0 Å². The van der Waals surface area contributed by atoms with Gasteiger partial charge in [-0.2, -0.15) is 10.4 Å². The molecule has 1 atom stereocenters. The number of anilines is 1. The first-order valence-electron chi connectivity index (χ1n) is 7.97. The minimum Gasteiger partial charge on any atom is -0.310 e.